The molecule has 98 valence electrons. The van der Waals surface area contributed by atoms with Crippen molar-refractivity contribution in [3.05, 3.63) is 28.3 Å². The Morgan fingerprint density at radius 2 is 1.28 bits per heavy atom. The maximum Gasteiger partial charge on any atom is 1.00 e. The smallest absolute Gasteiger partial charge is 0.206 e. The molecule has 1 heteroatoms. The summed E-state index contributed by atoms with van der Waals surface area (Å²) in [5, 5.41) is 0. The van der Waals surface area contributed by atoms with E-state index in [2.05, 4.69) is 61.5 Å². The summed E-state index contributed by atoms with van der Waals surface area (Å²) in [6.45, 7) is 18.6. The van der Waals surface area contributed by atoms with Gasteiger partial charge in [-0.05, 0) is 11.8 Å². The van der Waals surface area contributed by atoms with E-state index in [1.807, 2.05) is 0 Å². The van der Waals surface area contributed by atoms with Gasteiger partial charge in [0.25, 0.3) is 0 Å². The molecule has 0 saturated carbocycles. The Bertz CT molecular complexity index is 333. The minimum absolute atomic E-state index is 0. The predicted octanol–water partition coefficient (Wildman–Crippen LogP) is 2.90. The normalized spacial score (nSPS) is 11.8. The summed E-state index contributed by atoms with van der Waals surface area (Å²) in [6, 6.07) is 2.47. The Labute approximate surface area is 136 Å². The fourth-order valence-corrected chi connectivity index (χ4v) is 2.88. The molecule has 0 N–H and O–H groups in total. The fourth-order valence-electron chi connectivity index (χ4n) is 2.88. The molecule has 0 atom stereocenters. The summed E-state index contributed by atoms with van der Waals surface area (Å²) in [6.07, 6.45) is 0. The van der Waals surface area contributed by atoms with E-state index in [1.165, 1.54) is 0 Å². The van der Waals surface area contributed by atoms with Gasteiger partial charge in [0, 0.05) is 0 Å². The zero-order valence-corrected chi connectivity index (χ0v) is 15.9. The van der Waals surface area contributed by atoms with E-state index in [-0.39, 0.29) is 29.6 Å². The van der Waals surface area contributed by atoms with Crippen LogP contribution in [0.15, 0.2) is 6.07 Å². The van der Waals surface area contributed by atoms with Gasteiger partial charge in [0.15, 0.2) is 0 Å². The van der Waals surface area contributed by atoms with Gasteiger partial charge in [0.2, 0.25) is 0 Å². The van der Waals surface area contributed by atoms with Crippen molar-refractivity contribution in [2.45, 2.75) is 79.1 Å². The molecule has 1 rings (SSSR count). The van der Waals surface area contributed by atoms with Crippen molar-refractivity contribution in [2.24, 2.45) is 0 Å². The monoisotopic (exact) mass is 256 g/mol. The molecule has 0 fully saturated rings. The molecule has 0 aliphatic rings. The minimum atomic E-state index is 0. The summed E-state index contributed by atoms with van der Waals surface area (Å²) in [7, 11) is 0. The van der Waals surface area contributed by atoms with Crippen LogP contribution in [0.4, 0.5) is 0 Å². The molecule has 0 bridgehead atoms. The number of hydrogen-bond donors (Lipinski definition) is 0. The average Bonchev–Trinajstić information content (AvgIpc) is 2.56. The SMILES string of the molecule is CC(C)c1cc(C(C)C)[c-](C(C)C)c1C(C)C.[Na+]. The molecular weight excluding hydrogens is 227 g/mol. The number of rotatable bonds is 4. The van der Waals surface area contributed by atoms with Crippen molar-refractivity contribution < 1.29 is 29.6 Å². The Kier molecular flexibility index (Phi) is 7.36. The van der Waals surface area contributed by atoms with Gasteiger partial charge in [-0.15, -0.1) is 5.56 Å². The molecular formula is C17H29Na. The Morgan fingerprint density at radius 1 is 0.778 bits per heavy atom. The fraction of sp³-hybridized carbons (Fsp3) is 0.706. The Balaban J connectivity index is 0.00000289. The zero-order valence-electron chi connectivity index (χ0n) is 13.9. The number of hydrogen-bond acceptors (Lipinski definition) is 0. The van der Waals surface area contributed by atoms with Crippen molar-refractivity contribution in [2.75, 3.05) is 0 Å². The molecule has 1 aromatic carbocycles. The quantitative estimate of drug-likeness (QED) is 0.574. The third-order valence-electron chi connectivity index (χ3n) is 3.62. The first-order valence-electron chi connectivity index (χ1n) is 7.10. The van der Waals surface area contributed by atoms with Gasteiger partial charge in [0.1, 0.15) is 0 Å². The summed E-state index contributed by atoms with van der Waals surface area (Å²) >= 11 is 0. The van der Waals surface area contributed by atoms with Crippen LogP contribution in [0.25, 0.3) is 0 Å². The molecule has 0 amide bonds. The third kappa shape index (κ3) is 3.68. The van der Waals surface area contributed by atoms with Crippen LogP contribution in [0.3, 0.4) is 0 Å². The van der Waals surface area contributed by atoms with Crippen molar-refractivity contribution in [3.63, 3.8) is 0 Å². The molecule has 18 heavy (non-hydrogen) atoms. The van der Waals surface area contributed by atoms with Gasteiger partial charge < -0.3 is 0 Å². The second kappa shape index (κ2) is 7.22. The van der Waals surface area contributed by atoms with Crippen LogP contribution >= 0.6 is 0 Å². The molecule has 0 saturated heterocycles. The van der Waals surface area contributed by atoms with Gasteiger partial charge in [-0.2, -0.15) is 16.7 Å². The van der Waals surface area contributed by atoms with Crippen molar-refractivity contribution in [1.82, 2.24) is 0 Å². The summed E-state index contributed by atoms with van der Waals surface area (Å²) in [5.41, 5.74) is 6.40. The van der Waals surface area contributed by atoms with E-state index < -0.39 is 0 Å². The van der Waals surface area contributed by atoms with Crippen LogP contribution in [0, 0.1) is 0 Å². The maximum absolute atomic E-state index is 2.47. The van der Waals surface area contributed by atoms with Crippen molar-refractivity contribution in [1.29, 1.82) is 0 Å². The molecule has 0 aliphatic heterocycles. The van der Waals surface area contributed by atoms with E-state index in [4.69, 9.17) is 0 Å². The molecule has 0 radical (unpaired) electrons. The molecule has 1 aromatic rings. The average molecular weight is 256 g/mol. The van der Waals surface area contributed by atoms with E-state index >= 15 is 0 Å². The zero-order chi connectivity index (χ0) is 13.3. The third-order valence-corrected chi connectivity index (χ3v) is 3.62. The van der Waals surface area contributed by atoms with Crippen LogP contribution in [0.2, 0.25) is 0 Å². The largest absolute Gasteiger partial charge is 1.00 e. The van der Waals surface area contributed by atoms with Crippen LogP contribution in [0.1, 0.15) is 101 Å². The standard InChI is InChI=1S/C17H29.Na/c1-10(2)14-9-15(11(3)4)17(13(7)8)16(14)12(5)6;/h9-13H,1-8H3;/q-1;+1. The molecule has 0 aliphatic carbocycles. The van der Waals surface area contributed by atoms with Gasteiger partial charge >= 0.3 is 29.6 Å². The van der Waals surface area contributed by atoms with Gasteiger partial charge in [-0.25, -0.2) is 6.07 Å². The van der Waals surface area contributed by atoms with Crippen LogP contribution in [-0.2, 0) is 0 Å². The summed E-state index contributed by atoms with van der Waals surface area (Å²) < 4.78 is 0. The topological polar surface area (TPSA) is 0 Å². The first-order chi connectivity index (χ1) is 7.77. The molecule has 0 spiro atoms. The first kappa shape index (κ1) is 18.4. The Morgan fingerprint density at radius 3 is 1.56 bits per heavy atom. The minimum Gasteiger partial charge on any atom is -0.206 e. The maximum atomic E-state index is 2.47. The van der Waals surface area contributed by atoms with E-state index in [9.17, 15) is 0 Å². The summed E-state index contributed by atoms with van der Waals surface area (Å²) in [5.74, 6) is 2.55. The van der Waals surface area contributed by atoms with Gasteiger partial charge in [-0.1, -0.05) is 67.2 Å². The van der Waals surface area contributed by atoms with E-state index in [1.54, 1.807) is 22.3 Å². The van der Waals surface area contributed by atoms with Crippen molar-refractivity contribution >= 4 is 0 Å². The molecule has 0 heterocycles. The van der Waals surface area contributed by atoms with Gasteiger partial charge in [0.05, 0.1) is 0 Å². The Hall–Kier alpha value is 0.350. The predicted molar refractivity (Wildman–Crippen MR) is 78.4 cm³/mol. The first-order valence-corrected chi connectivity index (χ1v) is 7.10. The van der Waals surface area contributed by atoms with Crippen molar-refractivity contribution in [3.8, 4) is 0 Å². The summed E-state index contributed by atoms with van der Waals surface area (Å²) in [4.78, 5) is 0. The van der Waals surface area contributed by atoms with E-state index in [0.717, 1.165) is 0 Å². The van der Waals surface area contributed by atoms with Crippen LogP contribution in [-0.4, -0.2) is 0 Å². The van der Waals surface area contributed by atoms with Crippen LogP contribution in [0.5, 0.6) is 0 Å². The van der Waals surface area contributed by atoms with Gasteiger partial charge in [-0.3, -0.25) is 0 Å². The second-order valence-electron chi connectivity index (χ2n) is 6.50. The molecule has 0 aromatic heterocycles. The second-order valence-corrected chi connectivity index (χ2v) is 6.50. The molecule has 0 nitrogen and oxygen atoms in total. The van der Waals surface area contributed by atoms with Crippen LogP contribution < -0.4 is 29.6 Å². The van der Waals surface area contributed by atoms with E-state index in [0.29, 0.717) is 23.7 Å². The molecule has 0 unspecified atom stereocenters.